The molecule has 144 valence electrons. The van der Waals surface area contributed by atoms with E-state index in [4.69, 9.17) is 25.4 Å². The summed E-state index contributed by atoms with van der Waals surface area (Å²) in [5, 5.41) is 6.67. The van der Waals surface area contributed by atoms with E-state index < -0.39 is 6.72 Å². The van der Waals surface area contributed by atoms with Crippen molar-refractivity contribution < 1.29 is 18.4 Å². The van der Waals surface area contributed by atoms with Gasteiger partial charge in [-0.2, -0.15) is 0 Å². The molecule has 0 N–H and O–H groups in total. The van der Waals surface area contributed by atoms with Crippen molar-refractivity contribution in [1.29, 1.82) is 0 Å². The van der Waals surface area contributed by atoms with Crippen LogP contribution in [0, 0.1) is 0 Å². The lowest BCUT2D eigenvalue weighted by atomic mass is 9.91. The van der Waals surface area contributed by atoms with Gasteiger partial charge in [-0.05, 0) is 58.0 Å². The molecule has 0 unspecified atom stereocenters. The van der Waals surface area contributed by atoms with Crippen LogP contribution in [-0.2, 0) is 25.4 Å². The van der Waals surface area contributed by atoms with Gasteiger partial charge in [0.25, 0.3) is 0 Å². The summed E-state index contributed by atoms with van der Waals surface area (Å²) in [6, 6.07) is 18.4. The van der Waals surface area contributed by atoms with Crippen LogP contribution >= 0.6 is 6.72 Å². The Morgan fingerprint density at radius 1 is 0.821 bits per heavy atom. The van der Waals surface area contributed by atoms with E-state index in [1.807, 2.05) is 32.0 Å². The van der Waals surface area contributed by atoms with E-state index in [-0.39, 0.29) is 12.4 Å². The Morgan fingerprint density at radius 2 is 1.39 bits per heavy atom. The van der Waals surface area contributed by atoms with Gasteiger partial charge in [0.2, 0.25) is 0 Å². The van der Waals surface area contributed by atoms with Gasteiger partial charge in [-0.3, -0.25) is 4.79 Å². The number of ketones is 1. The van der Waals surface area contributed by atoms with Crippen molar-refractivity contribution in [2.75, 3.05) is 19.8 Å². The molecule has 4 aromatic carbocycles. The Labute approximate surface area is 169 Å². The minimum absolute atomic E-state index is 0.133. The van der Waals surface area contributed by atoms with Gasteiger partial charge in [-0.15, -0.1) is 0 Å². The van der Waals surface area contributed by atoms with Gasteiger partial charge in [-0.1, -0.05) is 54.6 Å². The lowest BCUT2D eigenvalue weighted by Crippen LogP contribution is -2.11. The Bertz CT molecular complexity index is 1180. The van der Waals surface area contributed by atoms with Crippen LogP contribution in [0.1, 0.15) is 24.2 Å². The molecule has 28 heavy (non-hydrogen) atoms. The van der Waals surface area contributed by atoms with Crippen LogP contribution < -0.4 is 0 Å². The molecule has 4 rings (SSSR count). The van der Waals surface area contributed by atoms with E-state index in [1.165, 1.54) is 16.2 Å². The maximum atomic E-state index is 13.0. The monoisotopic (exact) mass is 412 g/mol. The molecule has 0 aliphatic heterocycles. The van der Waals surface area contributed by atoms with E-state index in [0.29, 0.717) is 18.8 Å². The fourth-order valence-electron chi connectivity index (χ4n) is 3.62. The van der Waals surface area contributed by atoms with E-state index in [2.05, 4.69) is 36.4 Å². The largest absolute Gasteiger partial charge is 0.327 e. The smallest absolute Gasteiger partial charge is 0.309 e. The van der Waals surface area contributed by atoms with Crippen molar-refractivity contribution in [3.05, 3.63) is 60.2 Å². The molecule has 0 amide bonds. The zero-order chi connectivity index (χ0) is 19.7. The molecule has 0 aromatic heterocycles. The van der Waals surface area contributed by atoms with Gasteiger partial charge in [0.05, 0.1) is 13.2 Å². The lowest BCUT2D eigenvalue weighted by Gasteiger charge is -2.20. The van der Waals surface area contributed by atoms with Crippen LogP contribution in [-0.4, -0.2) is 25.6 Å². The Balaban J connectivity index is 1.74. The first kappa shape index (κ1) is 19.4. The number of Topliss-reactive ketones (excluding diaryl/α,β-unsaturated/α-hetero) is 1. The van der Waals surface area contributed by atoms with Crippen LogP contribution in [0.5, 0.6) is 0 Å². The second-order valence-electron chi connectivity index (χ2n) is 6.45. The van der Waals surface area contributed by atoms with Gasteiger partial charge in [0.15, 0.2) is 5.78 Å². The average molecular weight is 412 g/mol. The molecule has 4 nitrogen and oxygen atoms in total. The molecular formula is C22H21O4PS. The molecule has 0 fully saturated rings. The fourth-order valence-corrected chi connectivity index (χ4v) is 5.54. The van der Waals surface area contributed by atoms with Crippen LogP contribution in [0.25, 0.3) is 32.3 Å². The van der Waals surface area contributed by atoms with Crippen molar-refractivity contribution in [3.63, 3.8) is 0 Å². The molecule has 0 aliphatic rings. The summed E-state index contributed by atoms with van der Waals surface area (Å²) in [7, 11) is 0. The van der Waals surface area contributed by atoms with Crippen molar-refractivity contribution in [2.45, 2.75) is 13.8 Å². The van der Waals surface area contributed by atoms with E-state index in [1.54, 1.807) is 0 Å². The first-order valence-corrected chi connectivity index (χ1v) is 11.9. The topological polar surface area (TPSA) is 44.8 Å². The number of rotatable bonds is 8. The number of hydrogen-bond donors (Lipinski definition) is 0. The van der Waals surface area contributed by atoms with Gasteiger partial charge < -0.3 is 13.6 Å². The molecule has 0 spiro atoms. The highest BCUT2D eigenvalue weighted by Crippen LogP contribution is 2.49. The Hall–Kier alpha value is -1.88. The van der Waals surface area contributed by atoms with Crippen molar-refractivity contribution in [1.82, 2.24) is 0 Å². The summed E-state index contributed by atoms with van der Waals surface area (Å²) in [5.74, 6) is -0.133. The summed E-state index contributed by atoms with van der Waals surface area (Å²) < 4.78 is 16.6. The van der Waals surface area contributed by atoms with Gasteiger partial charge in [-0.25, -0.2) is 0 Å². The molecule has 0 atom stereocenters. The number of benzene rings is 4. The SMILES string of the molecule is CCOP(=S)(OCC)OCC(=O)c1ccc2ccc3cccc4ccc1c2c34. The molecule has 0 saturated carbocycles. The Kier molecular flexibility index (Phi) is 5.46. The van der Waals surface area contributed by atoms with Gasteiger partial charge >= 0.3 is 6.72 Å². The zero-order valence-corrected chi connectivity index (χ0v) is 17.5. The predicted molar refractivity (Wildman–Crippen MR) is 118 cm³/mol. The summed E-state index contributed by atoms with van der Waals surface area (Å²) in [5.41, 5.74) is 0.625. The number of carbonyl (C=O) groups is 1. The van der Waals surface area contributed by atoms with E-state index in [9.17, 15) is 4.79 Å². The molecule has 0 radical (unpaired) electrons. The molecule has 0 aliphatic carbocycles. The molecule has 4 aromatic rings. The maximum Gasteiger partial charge on any atom is 0.327 e. The van der Waals surface area contributed by atoms with Crippen LogP contribution in [0.3, 0.4) is 0 Å². The molecule has 0 saturated heterocycles. The van der Waals surface area contributed by atoms with Gasteiger partial charge in [0, 0.05) is 5.56 Å². The zero-order valence-electron chi connectivity index (χ0n) is 15.8. The first-order chi connectivity index (χ1) is 13.6. The molecule has 6 heteroatoms. The normalized spacial score (nSPS) is 12.4. The second kappa shape index (κ2) is 7.86. The number of carbonyl (C=O) groups excluding carboxylic acids is 1. The molecular weight excluding hydrogens is 391 g/mol. The highest BCUT2D eigenvalue weighted by atomic mass is 32.5. The molecule has 0 heterocycles. The summed E-state index contributed by atoms with van der Waals surface area (Å²) in [6.45, 7) is 1.35. The maximum absolute atomic E-state index is 13.0. The van der Waals surface area contributed by atoms with Gasteiger partial charge in [0.1, 0.15) is 6.61 Å². The van der Waals surface area contributed by atoms with Crippen molar-refractivity contribution in [2.24, 2.45) is 0 Å². The predicted octanol–water partition coefficient (Wildman–Crippen LogP) is 6.08. The van der Waals surface area contributed by atoms with Crippen LogP contribution in [0.4, 0.5) is 0 Å². The Morgan fingerprint density at radius 3 is 2.04 bits per heavy atom. The summed E-state index contributed by atoms with van der Waals surface area (Å²) in [4.78, 5) is 13.0. The summed E-state index contributed by atoms with van der Waals surface area (Å²) in [6.07, 6.45) is 0. The third-order valence-corrected chi connectivity index (χ3v) is 7.30. The first-order valence-electron chi connectivity index (χ1n) is 9.29. The van der Waals surface area contributed by atoms with E-state index in [0.717, 1.165) is 16.2 Å². The van der Waals surface area contributed by atoms with Crippen molar-refractivity contribution >= 4 is 56.6 Å². The van der Waals surface area contributed by atoms with Crippen molar-refractivity contribution in [3.8, 4) is 0 Å². The third-order valence-electron chi connectivity index (χ3n) is 4.76. The minimum Gasteiger partial charge on any atom is -0.309 e. The number of hydrogen-bond acceptors (Lipinski definition) is 5. The standard InChI is InChI=1S/C22H21O4PS/c1-3-24-27(28,25-4-2)26-14-20(23)18-12-10-17-9-8-15-6-5-7-16-11-13-19(18)22(17)21(15)16/h5-13H,3-4,14H2,1-2H3. The second-order valence-corrected chi connectivity index (χ2v) is 9.46. The van der Waals surface area contributed by atoms with Crippen LogP contribution in [0.2, 0.25) is 0 Å². The summed E-state index contributed by atoms with van der Waals surface area (Å²) >= 11 is 5.36. The highest BCUT2D eigenvalue weighted by Gasteiger charge is 2.22. The molecule has 0 bridgehead atoms. The minimum atomic E-state index is -2.90. The lowest BCUT2D eigenvalue weighted by molar-refractivity contribution is 0.0881. The highest BCUT2D eigenvalue weighted by molar-refractivity contribution is 8.07. The van der Waals surface area contributed by atoms with Crippen LogP contribution in [0.15, 0.2) is 54.6 Å². The van der Waals surface area contributed by atoms with E-state index >= 15 is 0 Å². The quantitative estimate of drug-likeness (QED) is 0.199. The third kappa shape index (κ3) is 3.45. The average Bonchev–Trinajstić information content (AvgIpc) is 2.70. The fraction of sp³-hybridized carbons (Fsp3) is 0.227.